The molecule has 150 valence electrons. The van der Waals surface area contributed by atoms with Crippen molar-refractivity contribution >= 4 is 36.2 Å². The molecule has 0 bridgehead atoms. The minimum absolute atomic E-state index is 0.147. The van der Waals surface area contributed by atoms with E-state index in [1.165, 1.54) is 11.1 Å². The molecular weight excluding hydrogens is 388 g/mol. The van der Waals surface area contributed by atoms with Gasteiger partial charge >= 0.3 is 0 Å². The Morgan fingerprint density at radius 2 is 1.68 bits per heavy atom. The average Bonchev–Trinajstić information content (AvgIpc) is 2.72. The smallest absolute Gasteiger partial charge is 0.243 e. The zero-order valence-electron chi connectivity index (χ0n) is 16.4. The average molecular weight is 417 g/mol. The van der Waals surface area contributed by atoms with E-state index in [0.29, 0.717) is 18.1 Å². The Kier molecular flexibility index (Phi) is 9.44. The van der Waals surface area contributed by atoms with E-state index in [1.54, 1.807) is 18.7 Å². The van der Waals surface area contributed by atoms with Crippen LogP contribution in [-0.2, 0) is 21.9 Å². The summed E-state index contributed by atoms with van der Waals surface area (Å²) >= 11 is 5.81. The van der Waals surface area contributed by atoms with Crippen molar-refractivity contribution in [2.75, 3.05) is 11.5 Å². The van der Waals surface area contributed by atoms with Crippen molar-refractivity contribution in [1.29, 1.82) is 0 Å². The van der Waals surface area contributed by atoms with Crippen LogP contribution in [0.1, 0.15) is 23.6 Å². The number of carbonyl (C=O) groups is 2. The minimum Gasteiger partial charge on any atom is -0.350 e. The third-order valence-electron chi connectivity index (χ3n) is 4.34. The summed E-state index contributed by atoms with van der Waals surface area (Å²) in [6.45, 7) is 4.31. The maximum absolute atomic E-state index is 12.7. The number of thioether (sulfide) groups is 1. The second kappa shape index (κ2) is 11.8. The van der Waals surface area contributed by atoms with Crippen molar-refractivity contribution < 1.29 is 9.59 Å². The lowest BCUT2D eigenvalue weighted by molar-refractivity contribution is -0.130. The quantitative estimate of drug-likeness (QED) is 0.519. The molecule has 2 aromatic carbocycles. The number of aryl methyl sites for hydroxylation is 1. The summed E-state index contributed by atoms with van der Waals surface area (Å²) in [5, 5.41) is 5.81. The van der Waals surface area contributed by atoms with Gasteiger partial charge < -0.3 is 10.6 Å². The minimum atomic E-state index is -0.575. The molecule has 4 nitrogen and oxygen atoms in total. The summed E-state index contributed by atoms with van der Waals surface area (Å²) < 4.78 is 0. The fourth-order valence-corrected chi connectivity index (χ4v) is 3.65. The summed E-state index contributed by atoms with van der Waals surface area (Å²) in [4.78, 5) is 25.0. The number of benzene rings is 2. The maximum Gasteiger partial charge on any atom is 0.243 e. The number of hydrogen-bond acceptors (Lipinski definition) is 4. The third-order valence-corrected chi connectivity index (χ3v) is 5.99. The first-order valence-corrected chi connectivity index (χ1v) is 11.1. The highest BCUT2D eigenvalue weighted by Crippen LogP contribution is 2.14. The van der Waals surface area contributed by atoms with E-state index in [-0.39, 0.29) is 17.7 Å². The Morgan fingerprint density at radius 1 is 1.00 bits per heavy atom. The van der Waals surface area contributed by atoms with Gasteiger partial charge in [0.1, 0.15) is 6.04 Å². The first-order chi connectivity index (χ1) is 13.5. The maximum atomic E-state index is 12.7. The van der Waals surface area contributed by atoms with Crippen LogP contribution in [0.2, 0.25) is 0 Å². The molecule has 6 heteroatoms. The van der Waals surface area contributed by atoms with Gasteiger partial charge in [-0.25, -0.2) is 0 Å². The summed E-state index contributed by atoms with van der Waals surface area (Å²) in [5.74, 6) is 1.20. The Hall–Kier alpha value is -1.92. The third kappa shape index (κ3) is 7.60. The summed E-state index contributed by atoms with van der Waals surface area (Å²) in [7, 11) is 0. The summed E-state index contributed by atoms with van der Waals surface area (Å²) in [6.07, 6.45) is 0. The molecule has 2 rings (SSSR count). The van der Waals surface area contributed by atoms with Crippen molar-refractivity contribution in [3.8, 4) is 0 Å². The molecule has 0 radical (unpaired) electrons. The van der Waals surface area contributed by atoms with E-state index in [4.69, 9.17) is 0 Å². The van der Waals surface area contributed by atoms with Crippen LogP contribution in [0.25, 0.3) is 0 Å². The normalized spacial score (nSPS) is 12.8. The molecule has 0 aliphatic rings. The lowest BCUT2D eigenvalue weighted by Crippen LogP contribution is -2.49. The van der Waals surface area contributed by atoms with Crippen LogP contribution in [0.3, 0.4) is 0 Å². The fourth-order valence-electron chi connectivity index (χ4n) is 2.47. The van der Waals surface area contributed by atoms with Crippen molar-refractivity contribution in [3.63, 3.8) is 0 Å². The lowest BCUT2D eigenvalue weighted by atomic mass is 10.2. The van der Waals surface area contributed by atoms with Crippen molar-refractivity contribution in [1.82, 2.24) is 10.6 Å². The van der Waals surface area contributed by atoms with E-state index < -0.39 is 6.04 Å². The Labute approximate surface area is 177 Å². The van der Waals surface area contributed by atoms with Crippen LogP contribution < -0.4 is 10.6 Å². The van der Waals surface area contributed by atoms with Crippen molar-refractivity contribution in [2.24, 2.45) is 5.92 Å². The second-order valence-electron chi connectivity index (χ2n) is 6.85. The number of nitrogens with one attached hydrogen (secondary N) is 2. The Balaban J connectivity index is 1.93. The van der Waals surface area contributed by atoms with Crippen molar-refractivity contribution in [2.45, 2.75) is 32.2 Å². The molecule has 0 saturated carbocycles. The molecule has 0 saturated heterocycles. The van der Waals surface area contributed by atoms with E-state index in [1.807, 2.05) is 30.3 Å². The van der Waals surface area contributed by atoms with Gasteiger partial charge in [0.15, 0.2) is 0 Å². The van der Waals surface area contributed by atoms with E-state index in [0.717, 1.165) is 11.3 Å². The molecule has 0 aliphatic heterocycles. The van der Waals surface area contributed by atoms with E-state index in [9.17, 15) is 9.59 Å². The molecule has 0 fully saturated rings. The number of hydrogen-bond donors (Lipinski definition) is 3. The molecule has 28 heavy (non-hydrogen) atoms. The highest BCUT2D eigenvalue weighted by atomic mass is 32.2. The van der Waals surface area contributed by atoms with Gasteiger partial charge in [-0.15, -0.1) is 0 Å². The summed E-state index contributed by atoms with van der Waals surface area (Å²) in [5.41, 5.74) is 3.45. The SMILES string of the molecule is Cc1ccc(CSC[C@H](NC(=O)[C@H](C)CS)C(=O)NCc2ccccc2)cc1. The Bertz CT molecular complexity index is 751. The van der Waals surface area contributed by atoms with Crippen LogP contribution in [0.15, 0.2) is 54.6 Å². The molecule has 2 N–H and O–H groups in total. The first kappa shape index (κ1) is 22.4. The highest BCUT2D eigenvalue weighted by Gasteiger charge is 2.23. The molecule has 0 unspecified atom stereocenters. The molecular formula is C22H28N2O2S2. The fraction of sp³-hybridized carbons (Fsp3) is 0.364. The monoisotopic (exact) mass is 416 g/mol. The predicted molar refractivity (Wildman–Crippen MR) is 121 cm³/mol. The molecule has 2 amide bonds. The van der Waals surface area contributed by atoms with Gasteiger partial charge in [-0.2, -0.15) is 24.4 Å². The number of thiol groups is 1. The van der Waals surface area contributed by atoms with Crippen LogP contribution in [-0.4, -0.2) is 29.4 Å². The van der Waals surface area contributed by atoms with E-state index in [2.05, 4.69) is 54.5 Å². The van der Waals surface area contributed by atoms with Gasteiger partial charge in [0.25, 0.3) is 0 Å². The molecule has 0 aliphatic carbocycles. The molecule has 0 heterocycles. The zero-order chi connectivity index (χ0) is 20.4. The van der Waals surface area contributed by atoms with Gasteiger partial charge in [0.2, 0.25) is 11.8 Å². The largest absolute Gasteiger partial charge is 0.350 e. The molecule has 2 atom stereocenters. The van der Waals surface area contributed by atoms with Crippen LogP contribution in [0, 0.1) is 12.8 Å². The number of amides is 2. The number of rotatable bonds is 10. The van der Waals surface area contributed by atoms with Crippen LogP contribution in [0.5, 0.6) is 0 Å². The van der Waals surface area contributed by atoms with Gasteiger partial charge in [-0.3, -0.25) is 9.59 Å². The first-order valence-electron chi connectivity index (χ1n) is 9.35. The topological polar surface area (TPSA) is 58.2 Å². The molecule has 0 aromatic heterocycles. The van der Waals surface area contributed by atoms with Crippen LogP contribution in [0.4, 0.5) is 0 Å². The van der Waals surface area contributed by atoms with Gasteiger partial charge in [0.05, 0.1) is 0 Å². The second-order valence-corrected chi connectivity index (χ2v) is 8.24. The van der Waals surface area contributed by atoms with Gasteiger partial charge in [-0.05, 0) is 18.1 Å². The standard InChI is InChI=1S/C22H28N2O2S2/c1-16-8-10-19(11-9-16)14-28-15-20(24-21(25)17(2)13-27)22(26)23-12-18-6-4-3-5-7-18/h3-11,17,20,27H,12-15H2,1-2H3,(H,23,26)(H,24,25)/t17-,20+/m1/s1. The van der Waals surface area contributed by atoms with Crippen molar-refractivity contribution in [3.05, 3.63) is 71.3 Å². The van der Waals surface area contributed by atoms with Gasteiger partial charge in [-0.1, -0.05) is 67.1 Å². The summed E-state index contributed by atoms with van der Waals surface area (Å²) in [6, 6.07) is 17.5. The lowest BCUT2D eigenvalue weighted by Gasteiger charge is -2.20. The highest BCUT2D eigenvalue weighted by molar-refractivity contribution is 7.98. The molecule has 0 spiro atoms. The van der Waals surface area contributed by atoms with Crippen LogP contribution >= 0.6 is 24.4 Å². The zero-order valence-corrected chi connectivity index (χ0v) is 18.1. The molecule has 2 aromatic rings. The Morgan fingerprint density at radius 3 is 2.32 bits per heavy atom. The van der Waals surface area contributed by atoms with E-state index >= 15 is 0 Å². The van der Waals surface area contributed by atoms with Gasteiger partial charge in [0, 0.05) is 29.7 Å². The number of carbonyl (C=O) groups excluding carboxylic acids is 2. The predicted octanol–water partition coefficient (Wildman–Crippen LogP) is 3.60.